The van der Waals surface area contributed by atoms with E-state index in [1.54, 1.807) is 0 Å². The van der Waals surface area contributed by atoms with E-state index in [0.717, 1.165) is 67.5 Å². The molecule has 0 unspecified atom stereocenters. The minimum Gasteiger partial charge on any atom is -0.412 e. The summed E-state index contributed by atoms with van der Waals surface area (Å²) < 4.78 is 7.42. The average Bonchev–Trinajstić information content (AvgIpc) is 3.21. The molecule has 170 valence electrons. The third kappa shape index (κ3) is 6.47. The Hall–Kier alpha value is -1.55. The Morgan fingerprint density at radius 2 is 1.87 bits per heavy atom. The first-order valence-corrected chi connectivity index (χ1v) is 9.29. The van der Waals surface area contributed by atoms with Gasteiger partial charge in [-0.05, 0) is 31.9 Å². The van der Waals surface area contributed by atoms with E-state index in [9.17, 15) is 0 Å². The number of nitrogens with one attached hydrogen (secondary N) is 1. The maximum absolute atomic E-state index is 5.67. The number of hydrogen-bond acceptors (Lipinski definition) is 6. The zero-order valence-electron chi connectivity index (χ0n) is 16.9. The molecule has 0 aliphatic carbocycles. The van der Waals surface area contributed by atoms with Gasteiger partial charge in [0.1, 0.15) is 11.5 Å². The van der Waals surface area contributed by atoms with Gasteiger partial charge in [-0.3, -0.25) is 0 Å². The monoisotopic (exact) mass is 480 g/mol. The summed E-state index contributed by atoms with van der Waals surface area (Å²) in [6.45, 7) is 6.43. The van der Waals surface area contributed by atoms with Gasteiger partial charge in [-0.15, -0.1) is 37.2 Å². The van der Waals surface area contributed by atoms with Crippen molar-refractivity contribution in [3.05, 3.63) is 41.8 Å². The number of imidazole rings is 1. The second kappa shape index (κ2) is 13.0. The minimum atomic E-state index is 0. The largest absolute Gasteiger partial charge is 0.412 e. The summed E-state index contributed by atoms with van der Waals surface area (Å²) in [6.07, 6.45) is 2.21. The SMILES string of the molecule is Cc1cc(Cn2c(NC3CCN(CCN)CC3)nc3ccccc32)no1.Cl.Cl.Cl.O. The number of rotatable bonds is 6. The lowest BCUT2D eigenvalue weighted by Gasteiger charge is -2.32. The summed E-state index contributed by atoms with van der Waals surface area (Å²) in [5.74, 6) is 1.73. The number of likely N-dealkylation sites (tertiary alicyclic amines) is 1. The summed E-state index contributed by atoms with van der Waals surface area (Å²) in [5, 5.41) is 7.81. The van der Waals surface area contributed by atoms with Crippen LogP contribution in [0, 0.1) is 6.92 Å². The van der Waals surface area contributed by atoms with Crippen LogP contribution >= 0.6 is 37.2 Å². The zero-order valence-corrected chi connectivity index (χ0v) is 19.4. The number of fused-ring (bicyclic) bond motifs is 1. The average molecular weight is 482 g/mol. The van der Waals surface area contributed by atoms with Gasteiger partial charge in [0, 0.05) is 38.3 Å². The molecule has 1 aliphatic rings. The Kier molecular flexibility index (Phi) is 12.3. The molecule has 3 heterocycles. The van der Waals surface area contributed by atoms with Crippen molar-refractivity contribution < 1.29 is 10.00 Å². The van der Waals surface area contributed by atoms with E-state index in [0.29, 0.717) is 12.6 Å². The highest BCUT2D eigenvalue weighted by Gasteiger charge is 2.21. The fraction of sp³-hybridized carbons (Fsp3) is 0.474. The predicted octanol–water partition coefficient (Wildman–Crippen LogP) is 2.66. The van der Waals surface area contributed by atoms with Crippen molar-refractivity contribution in [2.45, 2.75) is 32.4 Å². The summed E-state index contributed by atoms with van der Waals surface area (Å²) in [7, 11) is 0. The minimum absolute atomic E-state index is 0. The molecule has 5 N–H and O–H groups in total. The smallest absolute Gasteiger partial charge is 0.204 e. The van der Waals surface area contributed by atoms with Crippen LogP contribution in [0.25, 0.3) is 11.0 Å². The number of anilines is 1. The Balaban J connectivity index is 0.00000210. The van der Waals surface area contributed by atoms with Crippen LogP contribution in [-0.4, -0.2) is 57.3 Å². The molecule has 0 amide bonds. The first kappa shape index (κ1) is 28.5. The molecule has 4 rings (SSSR count). The van der Waals surface area contributed by atoms with Gasteiger partial charge in [-0.25, -0.2) is 4.98 Å². The van der Waals surface area contributed by atoms with Crippen LogP contribution in [0.5, 0.6) is 0 Å². The molecule has 8 nitrogen and oxygen atoms in total. The summed E-state index contributed by atoms with van der Waals surface area (Å²) in [4.78, 5) is 7.25. The number of halogens is 3. The lowest BCUT2D eigenvalue weighted by molar-refractivity contribution is 0.224. The van der Waals surface area contributed by atoms with Crippen LogP contribution in [-0.2, 0) is 6.54 Å². The number of para-hydroxylation sites is 2. The van der Waals surface area contributed by atoms with Crippen molar-refractivity contribution in [3.8, 4) is 0 Å². The fourth-order valence-electron chi connectivity index (χ4n) is 3.67. The number of piperidine rings is 1. The molecule has 0 bridgehead atoms. The van der Waals surface area contributed by atoms with Crippen LogP contribution in [0.4, 0.5) is 5.95 Å². The molecule has 0 atom stereocenters. The molecule has 1 saturated heterocycles. The predicted molar refractivity (Wildman–Crippen MR) is 128 cm³/mol. The maximum atomic E-state index is 5.67. The number of nitrogens with two attached hydrogens (primary N) is 1. The van der Waals surface area contributed by atoms with Crippen molar-refractivity contribution in [2.24, 2.45) is 5.73 Å². The fourth-order valence-corrected chi connectivity index (χ4v) is 3.67. The topological polar surface area (TPSA) is 117 Å². The van der Waals surface area contributed by atoms with Gasteiger partial charge in [-0.1, -0.05) is 17.3 Å². The number of nitrogens with zero attached hydrogens (tertiary/aromatic N) is 4. The van der Waals surface area contributed by atoms with Crippen molar-refractivity contribution in [1.82, 2.24) is 19.6 Å². The number of benzene rings is 1. The molecule has 30 heavy (non-hydrogen) atoms. The quantitative estimate of drug-likeness (QED) is 0.559. The molecule has 1 aliphatic heterocycles. The van der Waals surface area contributed by atoms with Gasteiger partial charge in [0.25, 0.3) is 0 Å². The van der Waals surface area contributed by atoms with E-state index >= 15 is 0 Å². The van der Waals surface area contributed by atoms with Crippen molar-refractivity contribution in [2.75, 3.05) is 31.5 Å². The maximum Gasteiger partial charge on any atom is 0.204 e. The molecule has 0 saturated carbocycles. The van der Waals surface area contributed by atoms with Crippen molar-refractivity contribution in [1.29, 1.82) is 0 Å². The van der Waals surface area contributed by atoms with E-state index in [-0.39, 0.29) is 42.7 Å². The highest BCUT2D eigenvalue weighted by molar-refractivity contribution is 5.86. The van der Waals surface area contributed by atoms with Gasteiger partial charge in [0.2, 0.25) is 5.95 Å². The highest BCUT2D eigenvalue weighted by atomic mass is 35.5. The van der Waals surface area contributed by atoms with Gasteiger partial charge < -0.3 is 30.5 Å². The number of hydrogen-bond donors (Lipinski definition) is 2. The number of aryl methyl sites for hydroxylation is 1. The van der Waals surface area contributed by atoms with E-state index in [4.69, 9.17) is 15.2 Å². The standard InChI is InChI=1S/C19H26N6O.3ClH.H2O/c1-14-12-16(23-26-14)13-25-18-5-3-2-4-17(18)22-19(25)21-15-6-9-24(10-7-15)11-8-20;;;;/h2-5,12,15H,6-11,13,20H2,1H3,(H,21,22);3*1H;1H2. The lowest BCUT2D eigenvalue weighted by Crippen LogP contribution is -2.41. The summed E-state index contributed by atoms with van der Waals surface area (Å²) in [6, 6.07) is 10.6. The van der Waals surface area contributed by atoms with Crippen molar-refractivity contribution in [3.63, 3.8) is 0 Å². The van der Waals surface area contributed by atoms with Gasteiger partial charge in [-0.2, -0.15) is 0 Å². The molecule has 0 spiro atoms. The van der Waals surface area contributed by atoms with Crippen LogP contribution in [0.15, 0.2) is 34.9 Å². The van der Waals surface area contributed by atoms with Gasteiger partial charge in [0.15, 0.2) is 0 Å². The third-order valence-corrected chi connectivity index (χ3v) is 5.02. The van der Waals surface area contributed by atoms with Crippen LogP contribution < -0.4 is 11.1 Å². The molecule has 11 heteroatoms. The molecular formula is C19H31Cl3N6O2. The van der Waals surface area contributed by atoms with Crippen LogP contribution in [0.1, 0.15) is 24.3 Å². The number of aromatic nitrogens is 3. The van der Waals surface area contributed by atoms with E-state index in [1.165, 1.54) is 0 Å². The molecule has 2 aromatic heterocycles. The lowest BCUT2D eigenvalue weighted by atomic mass is 10.1. The Labute approximate surface area is 195 Å². The molecule has 1 aromatic carbocycles. The summed E-state index contributed by atoms with van der Waals surface area (Å²) >= 11 is 0. The Bertz CT molecular complexity index is 880. The van der Waals surface area contributed by atoms with Crippen molar-refractivity contribution >= 4 is 54.2 Å². The summed E-state index contributed by atoms with van der Waals surface area (Å²) in [5.41, 5.74) is 8.68. The molecule has 0 radical (unpaired) electrons. The molecule has 3 aromatic rings. The second-order valence-electron chi connectivity index (χ2n) is 6.99. The highest BCUT2D eigenvalue weighted by Crippen LogP contribution is 2.23. The third-order valence-electron chi connectivity index (χ3n) is 5.02. The van der Waals surface area contributed by atoms with Crippen LogP contribution in [0.3, 0.4) is 0 Å². The zero-order chi connectivity index (χ0) is 17.9. The Morgan fingerprint density at radius 3 is 2.50 bits per heavy atom. The van der Waals surface area contributed by atoms with E-state index < -0.39 is 0 Å². The first-order valence-electron chi connectivity index (χ1n) is 9.29. The van der Waals surface area contributed by atoms with Crippen LogP contribution in [0.2, 0.25) is 0 Å². The molecular weight excluding hydrogens is 451 g/mol. The van der Waals surface area contributed by atoms with Gasteiger partial charge in [0.05, 0.1) is 17.6 Å². The second-order valence-corrected chi connectivity index (χ2v) is 6.99. The van der Waals surface area contributed by atoms with E-state index in [1.807, 2.05) is 25.1 Å². The molecule has 1 fully saturated rings. The Morgan fingerprint density at radius 1 is 1.17 bits per heavy atom. The van der Waals surface area contributed by atoms with Gasteiger partial charge >= 0.3 is 0 Å². The first-order chi connectivity index (χ1) is 12.7. The van der Waals surface area contributed by atoms with E-state index in [2.05, 4.69) is 32.1 Å². The normalized spacial score (nSPS) is 14.2.